The van der Waals surface area contributed by atoms with E-state index in [2.05, 4.69) is 28.6 Å². The third-order valence-electron chi connectivity index (χ3n) is 1.27. The summed E-state index contributed by atoms with van der Waals surface area (Å²) >= 11 is 0. The minimum Gasteiger partial charge on any atom is -0.373 e. The van der Waals surface area contributed by atoms with Gasteiger partial charge in [-0.2, -0.15) is 0 Å². The maximum Gasteiger partial charge on any atom is 0.360 e. The number of hydrogen-bond donors (Lipinski definition) is 0. The van der Waals surface area contributed by atoms with Crippen molar-refractivity contribution in [3.63, 3.8) is 0 Å². The molecule has 0 aromatic rings. The molecule has 0 amide bonds. The van der Waals surface area contributed by atoms with Crippen LogP contribution in [0.5, 0.6) is 0 Å². The average molecular weight is 187 g/mol. The summed E-state index contributed by atoms with van der Waals surface area (Å²) in [6.45, 7) is 5.94. The lowest BCUT2D eigenvalue weighted by molar-refractivity contribution is -0.147. The second kappa shape index (κ2) is 6.60. The number of hydrogen-bond acceptors (Lipinski definition) is 4. The first-order valence-corrected chi connectivity index (χ1v) is 4.28. The lowest BCUT2D eigenvalue weighted by Gasteiger charge is -2.02. The summed E-state index contributed by atoms with van der Waals surface area (Å²) in [6, 6.07) is 0. The number of ether oxygens (including phenoxy) is 1. The second-order valence-corrected chi connectivity index (χ2v) is 3.32. The van der Waals surface area contributed by atoms with E-state index in [9.17, 15) is 4.79 Å². The zero-order chi connectivity index (χ0) is 10.3. The van der Waals surface area contributed by atoms with Gasteiger partial charge in [-0.1, -0.05) is 19.0 Å². The van der Waals surface area contributed by atoms with Crippen molar-refractivity contribution in [3.05, 3.63) is 0 Å². The number of carbonyl (C=O) groups is 1. The third-order valence-corrected chi connectivity index (χ3v) is 1.27. The normalized spacial score (nSPS) is 11.9. The number of carbonyl (C=O) groups excluding carboxylic acids is 1. The molecule has 0 aliphatic rings. The van der Waals surface area contributed by atoms with Crippen LogP contribution in [-0.2, 0) is 14.4 Å². The molecule has 0 N–H and O–H groups in total. The molecule has 0 aromatic heterocycles. The van der Waals surface area contributed by atoms with E-state index in [0.717, 1.165) is 12.1 Å². The van der Waals surface area contributed by atoms with Crippen molar-refractivity contribution in [1.29, 1.82) is 0 Å². The Balaban J connectivity index is 3.75. The quantitative estimate of drug-likeness (QED) is 0.373. The summed E-state index contributed by atoms with van der Waals surface area (Å²) in [5.41, 5.74) is 0.819. The Bertz CT molecular complexity index is 187. The summed E-state index contributed by atoms with van der Waals surface area (Å²) in [7, 11) is 1.44. The number of oxime groups is 1. The van der Waals surface area contributed by atoms with Gasteiger partial charge in [0.2, 0.25) is 0 Å². The smallest absolute Gasteiger partial charge is 0.360 e. The SMILES string of the molecule is COCC(=O)O/N=C(\C)CC(C)C. The van der Waals surface area contributed by atoms with Crippen LogP contribution in [-0.4, -0.2) is 25.4 Å². The Labute approximate surface area is 78.9 Å². The predicted molar refractivity (Wildman–Crippen MR) is 50.5 cm³/mol. The van der Waals surface area contributed by atoms with Gasteiger partial charge in [0.25, 0.3) is 0 Å². The number of rotatable bonds is 5. The van der Waals surface area contributed by atoms with Crippen LogP contribution < -0.4 is 0 Å². The molecule has 0 unspecified atom stereocenters. The van der Waals surface area contributed by atoms with Gasteiger partial charge in [0.1, 0.15) is 6.61 Å². The Morgan fingerprint density at radius 3 is 2.54 bits per heavy atom. The molecule has 0 aliphatic heterocycles. The molecule has 0 aliphatic carbocycles. The molecular formula is C9H17NO3. The van der Waals surface area contributed by atoms with Crippen LogP contribution in [0, 0.1) is 5.92 Å². The van der Waals surface area contributed by atoms with Crippen LogP contribution in [0.1, 0.15) is 27.2 Å². The Kier molecular flexibility index (Phi) is 6.14. The van der Waals surface area contributed by atoms with E-state index in [4.69, 9.17) is 0 Å². The molecule has 76 valence electrons. The van der Waals surface area contributed by atoms with Gasteiger partial charge in [0, 0.05) is 7.11 Å². The zero-order valence-corrected chi connectivity index (χ0v) is 8.66. The fourth-order valence-corrected chi connectivity index (χ4v) is 0.901. The maximum absolute atomic E-state index is 10.8. The van der Waals surface area contributed by atoms with E-state index < -0.39 is 5.97 Å². The maximum atomic E-state index is 10.8. The lowest BCUT2D eigenvalue weighted by Crippen LogP contribution is -2.09. The van der Waals surface area contributed by atoms with Crippen molar-refractivity contribution in [2.45, 2.75) is 27.2 Å². The summed E-state index contributed by atoms with van der Waals surface area (Å²) in [4.78, 5) is 15.3. The van der Waals surface area contributed by atoms with Crippen molar-refractivity contribution >= 4 is 11.7 Å². The minimum atomic E-state index is -0.467. The van der Waals surface area contributed by atoms with Crippen molar-refractivity contribution in [3.8, 4) is 0 Å². The van der Waals surface area contributed by atoms with E-state index in [-0.39, 0.29) is 6.61 Å². The predicted octanol–water partition coefficient (Wildman–Crippen LogP) is 1.60. The molecule has 4 nitrogen and oxygen atoms in total. The molecular weight excluding hydrogens is 170 g/mol. The van der Waals surface area contributed by atoms with E-state index in [0.29, 0.717) is 5.92 Å². The van der Waals surface area contributed by atoms with Gasteiger partial charge < -0.3 is 9.57 Å². The van der Waals surface area contributed by atoms with Crippen molar-refractivity contribution in [2.24, 2.45) is 11.1 Å². The lowest BCUT2D eigenvalue weighted by atomic mass is 10.1. The van der Waals surface area contributed by atoms with Gasteiger partial charge in [0.05, 0.1) is 5.71 Å². The first kappa shape index (κ1) is 12.1. The van der Waals surface area contributed by atoms with Crippen molar-refractivity contribution in [1.82, 2.24) is 0 Å². The molecule has 13 heavy (non-hydrogen) atoms. The summed E-state index contributed by atoms with van der Waals surface area (Å²) in [5, 5.41) is 3.67. The molecule has 0 saturated heterocycles. The molecule has 0 heterocycles. The summed E-state index contributed by atoms with van der Waals surface area (Å²) in [5.74, 6) is 0.0514. The molecule has 4 heteroatoms. The Hall–Kier alpha value is -0.900. The highest BCUT2D eigenvalue weighted by Crippen LogP contribution is 2.01. The average Bonchev–Trinajstić information content (AvgIpc) is 2.00. The third kappa shape index (κ3) is 7.46. The summed E-state index contributed by atoms with van der Waals surface area (Å²) in [6.07, 6.45) is 0.834. The Morgan fingerprint density at radius 2 is 2.08 bits per heavy atom. The fraction of sp³-hybridized carbons (Fsp3) is 0.778. The first-order chi connectivity index (χ1) is 6.06. The van der Waals surface area contributed by atoms with E-state index in [1.807, 2.05) is 6.92 Å². The van der Waals surface area contributed by atoms with Gasteiger partial charge in [0.15, 0.2) is 0 Å². The standard InChI is InChI=1S/C9H17NO3/c1-7(2)5-8(3)10-13-9(11)6-12-4/h7H,5-6H2,1-4H3/b10-8+. The highest BCUT2D eigenvalue weighted by molar-refractivity contribution is 5.82. The molecule has 0 fully saturated rings. The van der Waals surface area contributed by atoms with Gasteiger partial charge in [-0.25, -0.2) is 4.79 Å². The molecule has 0 spiro atoms. The van der Waals surface area contributed by atoms with Crippen molar-refractivity contribution in [2.75, 3.05) is 13.7 Å². The molecule has 0 saturated carbocycles. The highest BCUT2D eigenvalue weighted by atomic mass is 16.7. The van der Waals surface area contributed by atoms with Crippen LogP contribution in [0.2, 0.25) is 0 Å². The van der Waals surface area contributed by atoms with Crippen LogP contribution in [0.4, 0.5) is 0 Å². The largest absolute Gasteiger partial charge is 0.373 e. The van der Waals surface area contributed by atoms with Gasteiger partial charge in [-0.05, 0) is 19.3 Å². The highest BCUT2D eigenvalue weighted by Gasteiger charge is 2.02. The van der Waals surface area contributed by atoms with Crippen molar-refractivity contribution < 1.29 is 14.4 Å². The van der Waals surface area contributed by atoms with Crippen LogP contribution in [0.25, 0.3) is 0 Å². The van der Waals surface area contributed by atoms with E-state index >= 15 is 0 Å². The topological polar surface area (TPSA) is 47.9 Å². The van der Waals surface area contributed by atoms with E-state index in [1.54, 1.807) is 0 Å². The minimum absolute atomic E-state index is 0.0571. The number of nitrogens with zero attached hydrogens (tertiary/aromatic N) is 1. The molecule has 0 bridgehead atoms. The van der Waals surface area contributed by atoms with Crippen LogP contribution >= 0.6 is 0 Å². The molecule has 0 atom stereocenters. The Morgan fingerprint density at radius 1 is 1.46 bits per heavy atom. The van der Waals surface area contributed by atoms with Crippen LogP contribution in [0.3, 0.4) is 0 Å². The zero-order valence-electron chi connectivity index (χ0n) is 8.66. The number of methoxy groups -OCH3 is 1. The van der Waals surface area contributed by atoms with E-state index in [1.165, 1.54) is 7.11 Å². The first-order valence-electron chi connectivity index (χ1n) is 4.28. The fourth-order valence-electron chi connectivity index (χ4n) is 0.901. The second-order valence-electron chi connectivity index (χ2n) is 3.32. The van der Waals surface area contributed by atoms with Gasteiger partial charge in [-0.3, -0.25) is 0 Å². The molecule has 0 radical (unpaired) electrons. The van der Waals surface area contributed by atoms with Gasteiger partial charge >= 0.3 is 5.97 Å². The molecule has 0 rings (SSSR count). The molecule has 0 aromatic carbocycles. The van der Waals surface area contributed by atoms with Crippen LogP contribution in [0.15, 0.2) is 5.16 Å². The summed E-state index contributed by atoms with van der Waals surface area (Å²) < 4.78 is 4.57. The monoisotopic (exact) mass is 187 g/mol. The van der Waals surface area contributed by atoms with Gasteiger partial charge in [-0.15, -0.1) is 0 Å².